The molecule has 2 aliphatic rings. The molecule has 12 heteroatoms. The number of ether oxygens (including phenoxy) is 2. The Morgan fingerprint density at radius 3 is 2.43 bits per heavy atom. The highest BCUT2D eigenvalue weighted by atomic mass is 16.5. The summed E-state index contributed by atoms with van der Waals surface area (Å²) in [5, 5.41) is 10.4. The summed E-state index contributed by atoms with van der Waals surface area (Å²) in [6.07, 6.45) is -0.730. The van der Waals surface area contributed by atoms with Crippen molar-refractivity contribution in [1.29, 1.82) is 0 Å². The van der Waals surface area contributed by atoms with E-state index in [2.05, 4.69) is 0 Å². The summed E-state index contributed by atoms with van der Waals surface area (Å²) in [7, 11) is 0. The van der Waals surface area contributed by atoms with Crippen LogP contribution in [-0.4, -0.2) is 111 Å². The van der Waals surface area contributed by atoms with Crippen LogP contribution in [0.1, 0.15) is 65.0 Å². The molecule has 3 amide bonds. The van der Waals surface area contributed by atoms with Gasteiger partial charge in [-0.2, -0.15) is 0 Å². The lowest BCUT2D eigenvalue weighted by molar-refractivity contribution is -0.144. The minimum Gasteiger partial charge on any atom is -0.466 e. The molecule has 0 bridgehead atoms. The summed E-state index contributed by atoms with van der Waals surface area (Å²) in [6.45, 7) is 14.3. The molecule has 1 N–H and O–H groups in total. The van der Waals surface area contributed by atoms with E-state index < -0.39 is 29.5 Å². The third-order valence-electron chi connectivity index (χ3n) is 8.36. The highest BCUT2D eigenvalue weighted by molar-refractivity contribution is 5.95. The molecular weight excluding hydrogens is 566 g/mol. The van der Waals surface area contributed by atoms with Crippen LogP contribution in [0.25, 0.3) is 11.0 Å². The van der Waals surface area contributed by atoms with Crippen molar-refractivity contribution in [1.82, 2.24) is 24.3 Å². The number of imidazole rings is 1. The van der Waals surface area contributed by atoms with E-state index in [4.69, 9.17) is 14.5 Å². The Bertz CT molecular complexity index is 1340. The van der Waals surface area contributed by atoms with Gasteiger partial charge >= 0.3 is 12.1 Å². The molecule has 4 rings (SSSR count). The molecule has 3 heterocycles. The average Bonchev–Trinajstić information content (AvgIpc) is 3.36. The van der Waals surface area contributed by atoms with Crippen LogP contribution in [0.15, 0.2) is 24.3 Å². The van der Waals surface area contributed by atoms with Crippen molar-refractivity contribution in [2.75, 3.05) is 46.0 Å². The number of aryl methyl sites for hydroxylation is 1. The molecule has 242 valence electrons. The molecule has 0 spiro atoms. The van der Waals surface area contributed by atoms with Gasteiger partial charge in [0.25, 0.3) is 5.91 Å². The number of carboxylic acid groups (broad SMARTS) is 1. The molecule has 0 aliphatic carbocycles. The Labute approximate surface area is 259 Å². The van der Waals surface area contributed by atoms with Crippen molar-refractivity contribution < 1.29 is 33.8 Å². The summed E-state index contributed by atoms with van der Waals surface area (Å²) in [6, 6.07) is 6.21. The molecule has 2 fully saturated rings. The van der Waals surface area contributed by atoms with Crippen molar-refractivity contribution in [3.63, 3.8) is 0 Å². The van der Waals surface area contributed by atoms with E-state index in [-0.39, 0.29) is 55.6 Å². The summed E-state index contributed by atoms with van der Waals surface area (Å²) < 4.78 is 12.3. The molecule has 44 heavy (non-hydrogen) atoms. The fourth-order valence-electron chi connectivity index (χ4n) is 6.61. The van der Waals surface area contributed by atoms with Gasteiger partial charge in [0, 0.05) is 32.7 Å². The summed E-state index contributed by atoms with van der Waals surface area (Å²) in [5.41, 5.74) is 0.788. The lowest BCUT2D eigenvalue weighted by Gasteiger charge is -2.52. The second-order valence-corrected chi connectivity index (χ2v) is 13.2. The summed E-state index contributed by atoms with van der Waals surface area (Å²) >= 11 is 0. The number of piperidine rings is 1. The number of carbonyl (C=O) groups excluding carboxylic acids is 3. The van der Waals surface area contributed by atoms with Gasteiger partial charge in [0.1, 0.15) is 0 Å². The number of hydrogen-bond donors (Lipinski definition) is 1. The number of esters is 1. The van der Waals surface area contributed by atoms with E-state index in [1.54, 1.807) is 21.3 Å². The van der Waals surface area contributed by atoms with Gasteiger partial charge in [-0.05, 0) is 36.8 Å². The molecule has 0 saturated carbocycles. The number of morpholine rings is 1. The summed E-state index contributed by atoms with van der Waals surface area (Å²) in [4.78, 5) is 63.1. The molecule has 3 atom stereocenters. The topological polar surface area (TPSA) is 135 Å². The van der Waals surface area contributed by atoms with Gasteiger partial charge in [0.05, 0.1) is 55.3 Å². The monoisotopic (exact) mass is 613 g/mol. The Kier molecular flexibility index (Phi) is 10.5. The zero-order valence-corrected chi connectivity index (χ0v) is 26.8. The number of benzene rings is 1. The van der Waals surface area contributed by atoms with E-state index in [1.807, 2.05) is 58.9 Å². The third-order valence-corrected chi connectivity index (χ3v) is 8.36. The zero-order chi connectivity index (χ0) is 32.2. The van der Waals surface area contributed by atoms with Crippen LogP contribution in [-0.2, 0) is 25.6 Å². The quantitative estimate of drug-likeness (QED) is 0.423. The second-order valence-electron chi connectivity index (χ2n) is 13.2. The molecular formula is C32H47N5O7. The Morgan fingerprint density at radius 2 is 1.82 bits per heavy atom. The first-order chi connectivity index (χ1) is 20.8. The number of nitrogens with zero attached hydrogens (tertiary/aromatic N) is 5. The Balaban J connectivity index is 1.79. The minimum atomic E-state index is -1.12. The van der Waals surface area contributed by atoms with E-state index >= 15 is 0 Å². The molecule has 1 unspecified atom stereocenters. The third kappa shape index (κ3) is 7.34. The van der Waals surface area contributed by atoms with Gasteiger partial charge in [-0.3, -0.25) is 14.4 Å². The van der Waals surface area contributed by atoms with Gasteiger partial charge in [-0.1, -0.05) is 46.8 Å². The minimum absolute atomic E-state index is 0.0468. The number of carbonyl (C=O) groups is 4. The van der Waals surface area contributed by atoms with E-state index in [0.29, 0.717) is 50.3 Å². The fraction of sp³-hybridized carbons (Fsp3) is 0.656. The molecule has 2 aromatic rings. The van der Waals surface area contributed by atoms with E-state index in [1.165, 1.54) is 4.90 Å². The lowest BCUT2D eigenvalue weighted by atomic mass is 9.74. The SMILES string of the molecule is CCOC(=O)CCn1c(C(=O)N(CC(C)C)[C@H]2C[C@@H](C(=O)N3CCOCC3)CN(C(=O)O)C2C(C)(C)C)nc2ccccc21. The first kappa shape index (κ1) is 33.2. The Hall–Kier alpha value is -3.67. The molecule has 2 saturated heterocycles. The molecule has 12 nitrogen and oxygen atoms in total. The normalized spacial score (nSPS) is 21.0. The summed E-state index contributed by atoms with van der Waals surface area (Å²) in [5.74, 6) is -1.24. The van der Waals surface area contributed by atoms with Gasteiger partial charge in [-0.25, -0.2) is 9.78 Å². The van der Waals surface area contributed by atoms with Crippen LogP contribution in [0.2, 0.25) is 0 Å². The zero-order valence-electron chi connectivity index (χ0n) is 26.8. The van der Waals surface area contributed by atoms with Crippen LogP contribution in [0.5, 0.6) is 0 Å². The van der Waals surface area contributed by atoms with Crippen molar-refractivity contribution in [3.05, 3.63) is 30.1 Å². The van der Waals surface area contributed by atoms with Crippen LogP contribution < -0.4 is 0 Å². The number of rotatable bonds is 9. The standard InChI is InChI=1S/C32H47N5O7/c1-7-44-26(38)12-13-35-24-11-9-8-10-23(24)33-28(35)30(40)36(19-21(2)3)25-18-22(29(39)34-14-16-43-17-15-34)20-37(31(41)42)27(25)32(4,5)6/h8-11,21-22,25,27H,7,12-20H2,1-6H3,(H,41,42)/t22-,25+,27?/m1/s1. The highest BCUT2D eigenvalue weighted by Gasteiger charge is 2.50. The Morgan fingerprint density at radius 1 is 1.14 bits per heavy atom. The van der Waals surface area contributed by atoms with Crippen molar-refractivity contribution in [2.45, 2.75) is 73.0 Å². The van der Waals surface area contributed by atoms with Crippen molar-refractivity contribution >= 4 is 34.9 Å². The fourth-order valence-corrected chi connectivity index (χ4v) is 6.61. The predicted molar refractivity (Wildman–Crippen MR) is 164 cm³/mol. The van der Waals surface area contributed by atoms with E-state index in [9.17, 15) is 24.3 Å². The van der Waals surface area contributed by atoms with Crippen LogP contribution in [0.4, 0.5) is 4.79 Å². The number of aromatic nitrogens is 2. The lowest BCUT2D eigenvalue weighted by Crippen LogP contribution is -2.66. The maximum atomic E-state index is 14.7. The van der Waals surface area contributed by atoms with Gasteiger partial charge in [-0.15, -0.1) is 0 Å². The predicted octanol–water partition coefficient (Wildman–Crippen LogP) is 3.73. The molecule has 1 aromatic carbocycles. The van der Waals surface area contributed by atoms with Gasteiger partial charge in [0.2, 0.25) is 5.91 Å². The van der Waals surface area contributed by atoms with Gasteiger partial charge in [0.15, 0.2) is 5.82 Å². The van der Waals surface area contributed by atoms with Crippen molar-refractivity contribution in [2.24, 2.45) is 17.3 Å². The second kappa shape index (κ2) is 14.0. The van der Waals surface area contributed by atoms with Gasteiger partial charge < -0.3 is 33.8 Å². The number of likely N-dealkylation sites (tertiary alicyclic amines) is 1. The number of fused-ring (bicyclic) bond motifs is 1. The van der Waals surface area contributed by atoms with Crippen LogP contribution in [0, 0.1) is 17.3 Å². The van der Waals surface area contributed by atoms with E-state index in [0.717, 1.165) is 0 Å². The number of para-hydroxylation sites is 2. The number of hydrogen-bond acceptors (Lipinski definition) is 7. The largest absolute Gasteiger partial charge is 0.466 e. The number of amides is 3. The van der Waals surface area contributed by atoms with Crippen LogP contribution in [0.3, 0.4) is 0 Å². The maximum absolute atomic E-state index is 14.7. The first-order valence-electron chi connectivity index (χ1n) is 15.6. The van der Waals surface area contributed by atoms with Crippen molar-refractivity contribution in [3.8, 4) is 0 Å². The highest BCUT2D eigenvalue weighted by Crippen LogP contribution is 2.38. The molecule has 0 radical (unpaired) electrons. The maximum Gasteiger partial charge on any atom is 0.407 e. The molecule has 2 aliphatic heterocycles. The first-order valence-corrected chi connectivity index (χ1v) is 15.6. The molecule has 1 aromatic heterocycles. The smallest absolute Gasteiger partial charge is 0.407 e. The average molecular weight is 614 g/mol. The van der Waals surface area contributed by atoms with Crippen LogP contribution >= 0.6 is 0 Å².